The second-order valence-corrected chi connectivity index (χ2v) is 6.73. The third-order valence-corrected chi connectivity index (χ3v) is 4.90. The minimum Gasteiger partial charge on any atom is -0.239 e. The van der Waals surface area contributed by atoms with Crippen molar-refractivity contribution in [1.29, 1.82) is 0 Å². The highest BCUT2D eigenvalue weighted by Gasteiger charge is 2.10. The van der Waals surface area contributed by atoms with Crippen molar-refractivity contribution in [3.8, 4) is 21.8 Å². The van der Waals surface area contributed by atoms with Crippen LogP contribution in [-0.2, 0) is 6.54 Å². The molecule has 4 rings (SSSR count). The van der Waals surface area contributed by atoms with E-state index in [1.807, 2.05) is 29.6 Å². The van der Waals surface area contributed by atoms with E-state index in [-0.39, 0.29) is 5.82 Å². The van der Waals surface area contributed by atoms with Crippen molar-refractivity contribution in [3.05, 3.63) is 76.6 Å². The van der Waals surface area contributed by atoms with Crippen LogP contribution in [-0.4, -0.2) is 20.0 Å². The zero-order chi connectivity index (χ0) is 17.2. The van der Waals surface area contributed by atoms with Gasteiger partial charge in [-0.05, 0) is 36.4 Å². The van der Waals surface area contributed by atoms with E-state index in [4.69, 9.17) is 11.6 Å². The Bertz CT molecular complexity index is 993. The Morgan fingerprint density at radius 1 is 1.00 bits per heavy atom. The van der Waals surface area contributed by atoms with Crippen LogP contribution in [0.2, 0.25) is 5.02 Å². The molecule has 0 saturated carbocycles. The maximum absolute atomic E-state index is 13.1. The lowest BCUT2D eigenvalue weighted by atomic mass is 10.1. The minimum absolute atomic E-state index is 0.269. The molecule has 0 spiro atoms. The number of hydrogen-bond donors (Lipinski definition) is 0. The fraction of sp³-hybridized carbons (Fsp3) is 0.0556. The molecule has 4 aromatic rings. The maximum Gasteiger partial charge on any atom is 0.123 e. The molecule has 0 unspecified atom stereocenters. The van der Waals surface area contributed by atoms with Crippen molar-refractivity contribution in [3.63, 3.8) is 0 Å². The lowest BCUT2D eigenvalue weighted by molar-refractivity contribution is 0.627. The van der Waals surface area contributed by atoms with Gasteiger partial charge in [-0.3, -0.25) is 0 Å². The molecule has 4 nitrogen and oxygen atoms in total. The number of thiazole rings is 1. The first kappa shape index (κ1) is 15.9. The normalized spacial score (nSPS) is 11.0. The predicted octanol–water partition coefficient (Wildman–Crippen LogP) is 4.91. The molecule has 0 fully saturated rings. The largest absolute Gasteiger partial charge is 0.239 e. The fourth-order valence-electron chi connectivity index (χ4n) is 2.48. The van der Waals surface area contributed by atoms with E-state index in [0.29, 0.717) is 11.6 Å². The molecule has 0 atom stereocenters. The Hall–Kier alpha value is -2.57. The molecule has 0 aliphatic heterocycles. The smallest absolute Gasteiger partial charge is 0.123 e. The van der Waals surface area contributed by atoms with Crippen LogP contribution in [0.3, 0.4) is 0 Å². The Labute approximate surface area is 152 Å². The van der Waals surface area contributed by atoms with E-state index >= 15 is 0 Å². The summed E-state index contributed by atoms with van der Waals surface area (Å²) in [6, 6.07) is 13.9. The standard InChI is InChI=1S/C18H12ClFN4S/c19-14-5-1-13(2-6-14)18-22-16(11-25-18)10-24-17(9-21-23-24)12-3-7-15(20)8-4-12/h1-9,11H,10H2. The summed E-state index contributed by atoms with van der Waals surface area (Å²) in [5.41, 5.74) is 3.60. The first-order chi connectivity index (χ1) is 12.2. The highest BCUT2D eigenvalue weighted by molar-refractivity contribution is 7.13. The van der Waals surface area contributed by atoms with E-state index in [1.165, 1.54) is 12.1 Å². The number of nitrogens with zero attached hydrogens (tertiary/aromatic N) is 4. The molecule has 2 aromatic heterocycles. The molecule has 25 heavy (non-hydrogen) atoms. The Morgan fingerprint density at radius 2 is 1.72 bits per heavy atom. The van der Waals surface area contributed by atoms with Crippen molar-refractivity contribution < 1.29 is 4.39 Å². The molecule has 2 aromatic carbocycles. The number of halogens is 2. The minimum atomic E-state index is -0.269. The molecular weight excluding hydrogens is 359 g/mol. The topological polar surface area (TPSA) is 43.6 Å². The summed E-state index contributed by atoms with van der Waals surface area (Å²) < 4.78 is 14.9. The zero-order valence-corrected chi connectivity index (χ0v) is 14.5. The zero-order valence-electron chi connectivity index (χ0n) is 12.9. The summed E-state index contributed by atoms with van der Waals surface area (Å²) in [5, 5.41) is 11.7. The highest BCUT2D eigenvalue weighted by Crippen LogP contribution is 2.26. The van der Waals surface area contributed by atoms with Crippen LogP contribution in [0.1, 0.15) is 5.69 Å². The Morgan fingerprint density at radius 3 is 2.48 bits per heavy atom. The molecule has 0 aliphatic carbocycles. The molecule has 0 amide bonds. The van der Waals surface area contributed by atoms with Gasteiger partial charge in [-0.1, -0.05) is 28.9 Å². The SMILES string of the molecule is Fc1ccc(-c2cnnn2Cc2csc(-c3ccc(Cl)cc3)n2)cc1. The maximum atomic E-state index is 13.1. The van der Waals surface area contributed by atoms with E-state index in [0.717, 1.165) is 27.5 Å². The van der Waals surface area contributed by atoms with Crippen LogP contribution in [0.15, 0.2) is 60.1 Å². The summed E-state index contributed by atoms with van der Waals surface area (Å²) in [5.74, 6) is -0.269. The van der Waals surface area contributed by atoms with Crippen LogP contribution in [0.25, 0.3) is 21.8 Å². The van der Waals surface area contributed by atoms with Crippen molar-refractivity contribution >= 4 is 22.9 Å². The van der Waals surface area contributed by atoms with Crippen molar-refractivity contribution in [2.45, 2.75) is 6.54 Å². The van der Waals surface area contributed by atoms with Gasteiger partial charge >= 0.3 is 0 Å². The van der Waals surface area contributed by atoms with E-state index < -0.39 is 0 Å². The van der Waals surface area contributed by atoms with Gasteiger partial charge in [0.1, 0.15) is 10.8 Å². The van der Waals surface area contributed by atoms with Crippen LogP contribution in [0.4, 0.5) is 4.39 Å². The molecule has 0 aliphatic rings. The van der Waals surface area contributed by atoms with Crippen LogP contribution < -0.4 is 0 Å². The molecule has 0 radical (unpaired) electrons. The number of hydrogen-bond acceptors (Lipinski definition) is 4. The first-order valence-electron chi connectivity index (χ1n) is 7.54. The van der Waals surface area contributed by atoms with Crippen LogP contribution in [0, 0.1) is 5.82 Å². The van der Waals surface area contributed by atoms with Crippen LogP contribution >= 0.6 is 22.9 Å². The van der Waals surface area contributed by atoms with Crippen LogP contribution in [0.5, 0.6) is 0 Å². The Balaban J connectivity index is 1.59. The predicted molar refractivity (Wildman–Crippen MR) is 97.1 cm³/mol. The molecule has 0 N–H and O–H groups in total. The second-order valence-electron chi connectivity index (χ2n) is 5.43. The third kappa shape index (κ3) is 3.45. The van der Waals surface area contributed by atoms with Gasteiger partial charge < -0.3 is 0 Å². The second kappa shape index (κ2) is 6.74. The van der Waals surface area contributed by atoms with Gasteiger partial charge in [0, 0.05) is 21.5 Å². The summed E-state index contributed by atoms with van der Waals surface area (Å²) >= 11 is 7.49. The fourth-order valence-corrected chi connectivity index (χ4v) is 3.42. The molecule has 0 bridgehead atoms. The monoisotopic (exact) mass is 370 g/mol. The van der Waals surface area contributed by atoms with Crippen molar-refractivity contribution in [2.75, 3.05) is 0 Å². The molecular formula is C18H12ClFN4S. The van der Waals surface area contributed by atoms with Gasteiger partial charge in [0.05, 0.1) is 24.1 Å². The molecule has 0 saturated heterocycles. The van der Waals surface area contributed by atoms with E-state index in [2.05, 4.69) is 15.3 Å². The summed E-state index contributed by atoms with van der Waals surface area (Å²) in [4.78, 5) is 4.66. The molecule has 7 heteroatoms. The first-order valence-corrected chi connectivity index (χ1v) is 8.79. The number of aromatic nitrogens is 4. The van der Waals surface area contributed by atoms with Crippen molar-refractivity contribution in [2.24, 2.45) is 0 Å². The van der Waals surface area contributed by atoms with E-state index in [9.17, 15) is 4.39 Å². The summed E-state index contributed by atoms with van der Waals surface area (Å²) in [6.07, 6.45) is 1.67. The van der Waals surface area contributed by atoms with Gasteiger partial charge in [0.15, 0.2) is 0 Å². The van der Waals surface area contributed by atoms with Gasteiger partial charge in [-0.25, -0.2) is 14.1 Å². The average Bonchev–Trinajstić information content (AvgIpc) is 3.27. The quantitative estimate of drug-likeness (QED) is 0.512. The molecule has 2 heterocycles. The van der Waals surface area contributed by atoms with Gasteiger partial charge in [0.25, 0.3) is 0 Å². The third-order valence-electron chi connectivity index (χ3n) is 3.71. The lowest BCUT2D eigenvalue weighted by Crippen LogP contribution is -2.04. The summed E-state index contributed by atoms with van der Waals surface area (Å²) in [6.45, 7) is 0.497. The van der Waals surface area contributed by atoms with Gasteiger partial charge in [-0.2, -0.15) is 0 Å². The van der Waals surface area contributed by atoms with Crippen molar-refractivity contribution in [1.82, 2.24) is 20.0 Å². The van der Waals surface area contributed by atoms with Gasteiger partial charge in [-0.15, -0.1) is 16.4 Å². The average molecular weight is 371 g/mol. The highest BCUT2D eigenvalue weighted by atomic mass is 35.5. The lowest BCUT2D eigenvalue weighted by Gasteiger charge is -2.04. The van der Waals surface area contributed by atoms with Gasteiger partial charge in [0.2, 0.25) is 0 Å². The Kier molecular flexibility index (Phi) is 4.29. The van der Waals surface area contributed by atoms with E-state index in [1.54, 1.807) is 34.3 Å². The molecule has 124 valence electrons. The summed E-state index contributed by atoms with van der Waals surface area (Å²) in [7, 11) is 0. The number of rotatable bonds is 4. The number of benzene rings is 2.